The Balaban J connectivity index is 2.48. The van der Waals surface area contributed by atoms with Gasteiger partial charge in [-0.3, -0.25) is 4.90 Å². The number of nitrogens with one attached hydrogen (secondary N) is 1. The Morgan fingerprint density at radius 3 is 2.88 bits per heavy atom. The Kier molecular flexibility index (Phi) is 1.07. The molecule has 0 bridgehead atoms. The van der Waals surface area contributed by atoms with Crippen LogP contribution in [-0.2, 0) is 0 Å². The van der Waals surface area contributed by atoms with E-state index in [1.54, 1.807) is 12.4 Å². The van der Waals surface area contributed by atoms with Crippen LogP contribution in [0.4, 0.5) is 4.79 Å². The average Bonchev–Trinajstić information content (AvgIpc) is 2.12. The average molecular weight is 113 g/mol. The molecule has 0 spiro atoms. The van der Waals surface area contributed by atoms with Crippen LogP contribution < -0.4 is 11.1 Å². The molecule has 44 valence electrons. The lowest BCUT2D eigenvalue weighted by Gasteiger charge is -2.06. The number of hydrogen-bond acceptors (Lipinski definition) is 2. The third-order valence-electron chi connectivity index (χ3n) is 0.917. The molecule has 0 aromatic heterocycles. The molecule has 0 radical (unpaired) electrons. The van der Waals surface area contributed by atoms with Gasteiger partial charge in [0, 0.05) is 12.4 Å². The Labute approximate surface area is 46.9 Å². The van der Waals surface area contributed by atoms with Crippen molar-refractivity contribution in [3.8, 4) is 0 Å². The first kappa shape index (κ1) is 4.96. The number of urea groups is 1. The van der Waals surface area contributed by atoms with Crippen molar-refractivity contribution >= 4 is 6.03 Å². The number of primary amides is 1. The highest BCUT2D eigenvalue weighted by atomic mass is 16.2. The van der Waals surface area contributed by atoms with E-state index in [0.717, 1.165) is 0 Å². The van der Waals surface area contributed by atoms with Crippen LogP contribution in [0.15, 0.2) is 12.4 Å². The molecule has 0 fully saturated rings. The molecule has 1 aliphatic heterocycles. The van der Waals surface area contributed by atoms with Crippen LogP contribution >= 0.6 is 0 Å². The zero-order chi connectivity index (χ0) is 5.98. The van der Waals surface area contributed by atoms with Gasteiger partial charge in [-0.2, -0.15) is 0 Å². The molecule has 4 nitrogen and oxygen atoms in total. The molecule has 3 N–H and O–H groups in total. The highest BCUT2D eigenvalue weighted by Gasteiger charge is 2.06. The number of carbonyl (C=O) groups is 1. The van der Waals surface area contributed by atoms with Gasteiger partial charge in [-0.1, -0.05) is 0 Å². The molecule has 2 amide bonds. The van der Waals surface area contributed by atoms with Crippen molar-refractivity contribution in [3.63, 3.8) is 0 Å². The first-order chi connectivity index (χ1) is 3.80. The predicted octanol–water partition coefficient (Wildman–Crippen LogP) is -0.601. The Morgan fingerprint density at radius 2 is 2.62 bits per heavy atom. The summed E-state index contributed by atoms with van der Waals surface area (Å²) in [6.45, 7) is 0.495. The van der Waals surface area contributed by atoms with Gasteiger partial charge in [0.25, 0.3) is 0 Å². The summed E-state index contributed by atoms with van der Waals surface area (Å²) >= 11 is 0. The first-order valence-electron chi connectivity index (χ1n) is 2.27. The topological polar surface area (TPSA) is 58.4 Å². The molecular formula is C4H7N3O. The molecule has 0 aromatic rings. The van der Waals surface area contributed by atoms with Gasteiger partial charge in [0.2, 0.25) is 0 Å². The molecule has 4 heteroatoms. The van der Waals surface area contributed by atoms with Crippen LogP contribution in [0.5, 0.6) is 0 Å². The highest BCUT2D eigenvalue weighted by Crippen LogP contribution is 1.91. The summed E-state index contributed by atoms with van der Waals surface area (Å²) in [5, 5.41) is 2.80. The summed E-state index contributed by atoms with van der Waals surface area (Å²) in [7, 11) is 0. The van der Waals surface area contributed by atoms with E-state index in [0.29, 0.717) is 6.67 Å². The quantitative estimate of drug-likeness (QED) is 0.440. The lowest BCUT2D eigenvalue weighted by molar-refractivity contribution is 0.226. The van der Waals surface area contributed by atoms with E-state index in [1.807, 2.05) is 0 Å². The number of hydrogen-bond donors (Lipinski definition) is 2. The summed E-state index contributed by atoms with van der Waals surface area (Å²) in [4.78, 5) is 11.6. The Bertz CT molecular complexity index is 131. The Morgan fingerprint density at radius 1 is 1.88 bits per heavy atom. The van der Waals surface area contributed by atoms with Crippen molar-refractivity contribution in [1.29, 1.82) is 0 Å². The van der Waals surface area contributed by atoms with Crippen LogP contribution in [-0.4, -0.2) is 17.6 Å². The zero-order valence-electron chi connectivity index (χ0n) is 4.29. The summed E-state index contributed by atoms with van der Waals surface area (Å²) < 4.78 is 0. The van der Waals surface area contributed by atoms with Gasteiger partial charge in [0.1, 0.15) is 0 Å². The summed E-state index contributed by atoms with van der Waals surface area (Å²) in [5.74, 6) is 0. The van der Waals surface area contributed by atoms with Crippen molar-refractivity contribution in [1.82, 2.24) is 10.2 Å². The van der Waals surface area contributed by atoms with E-state index in [1.165, 1.54) is 4.90 Å². The van der Waals surface area contributed by atoms with Crippen molar-refractivity contribution in [3.05, 3.63) is 12.4 Å². The fraction of sp³-hybridized carbons (Fsp3) is 0.250. The van der Waals surface area contributed by atoms with Crippen molar-refractivity contribution < 1.29 is 4.79 Å². The lowest BCUT2D eigenvalue weighted by atomic mass is 10.8. The number of nitrogens with two attached hydrogens (primary N) is 1. The van der Waals surface area contributed by atoms with E-state index in [4.69, 9.17) is 5.73 Å². The van der Waals surface area contributed by atoms with E-state index in [9.17, 15) is 4.79 Å². The molecule has 0 aliphatic carbocycles. The van der Waals surface area contributed by atoms with Gasteiger partial charge in [-0.05, 0) is 0 Å². The van der Waals surface area contributed by atoms with Gasteiger partial charge < -0.3 is 11.1 Å². The highest BCUT2D eigenvalue weighted by molar-refractivity contribution is 5.73. The third kappa shape index (κ3) is 0.726. The van der Waals surface area contributed by atoms with E-state index < -0.39 is 6.03 Å². The standard InChI is InChI=1S/C4H7N3O/c5-4(8)7-2-1-6-3-7/h1-2,6H,3H2,(H2,5,8). The second-order valence-electron chi connectivity index (χ2n) is 1.49. The fourth-order valence-corrected chi connectivity index (χ4v) is 0.498. The normalized spacial score (nSPS) is 16.2. The van der Waals surface area contributed by atoms with Crippen molar-refractivity contribution in [2.75, 3.05) is 6.67 Å². The largest absolute Gasteiger partial charge is 0.372 e. The lowest BCUT2D eigenvalue weighted by Crippen LogP contribution is -2.32. The van der Waals surface area contributed by atoms with Crippen LogP contribution in [0.1, 0.15) is 0 Å². The molecule has 1 aliphatic rings. The molecule has 1 heterocycles. The monoisotopic (exact) mass is 113 g/mol. The minimum Gasteiger partial charge on any atom is -0.372 e. The maximum Gasteiger partial charge on any atom is 0.320 e. The van der Waals surface area contributed by atoms with E-state index >= 15 is 0 Å². The van der Waals surface area contributed by atoms with E-state index in [-0.39, 0.29) is 0 Å². The minimum absolute atomic E-state index is 0.425. The van der Waals surface area contributed by atoms with Gasteiger partial charge in [-0.25, -0.2) is 4.79 Å². The second kappa shape index (κ2) is 1.73. The molecule has 1 rings (SSSR count). The van der Waals surface area contributed by atoms with Gasteiger partial charge >= 0.3 is 6.03 Å². The molecule has 0 unspecified atom stereocenters. The van der Waals surface area contributed by atoms with Crippen LogP contribution in [0.2, 0.25) is 0 Å². The van der Waals surface area contributed by atoms with Crippen LogP contribution in [0.25, 0.3) is 0 Å². The Hall–Kier alpha value is -1.19. The summed E-state index contributed by atoms with van der Waals surface area (Å²) in [6.07, 6.45) is 3.27. The second-order valence-corrected chi connectivity index (χ2v) is 1.49. The fourth-order valence-electron chi connectivity index (χ4n) is 0.498. The van der Waals surface area contributed by atoms with Gasteiger partial charge in [0.15, 0.2) is 0 Å². The molecule has 8 heavy (non-hydrogen) atoms. The third-order valence-corrected chi connectivity index (χ3v) is 0.917. The van der Waals surface area contributed by atoms with E-state index in [2.05, 4.69) is 5.32 Å². The summed E-state index contributed by atoms with van der Waals surface area (Å²) in [6, 6.07) is -0.425. The van der Waals surface area contributed by atoms with Crippen LogP contribution in [0.3, 0.4) is 0 Å². The molecular weight excluding hydrogens is 106 g/mol. The minimum atomic E-state index is -0.425. The molecule has 0 aromatic carbocycles. The zero-order valence-corrected chi connectivity index (χ0v) is 4.29. The molecule has 0 saturated carbocycles. The van der Waals surface area contributed by atoms with Crippen molar-refractivity contribution in [2.24, 2.45) is 5.73 Å². The number of carbonyl (C=O) groups excluding carboxylic acids is 1. The van der Waals surface area contributed by atoms with Crippen LogP contribution in [0, 0.1) is 0 Å². The summed E-state index contributed by atoms with van der Waals surface area (Å²) in [5.41, 5.74) is 4.89. The van der Waals surface area contributed by atoms with Crippen molar-refractivity contribution in [2.45, 2.75) is 0 Å². The number of amides is 2. The maximum absolute atomic E-state index is 10.3. The number of nitrogens with zero attached hydrogens (tertiary/aromatic N) is 1. The molecule has 0 saturated heterocycles. The predicted molar refractivity (Wildman–Crippen MR) is 28.6 cm³/mol. The van der Waals surface area contributed by atoms with Gasteiger partial charge in [-0.15, -0.1) is 0 Å². The van der Waals surface area contributed by atoms with Gasteiger partial charge in [0.05, 0.1) is 6.67 Å². The number of rotatable bonds is 0. The first-order valence-corrected chi connectivity index (χ1v) is 2.27. The maximum atomic E-state index is 10.3. The molecule has 0 atom stereocenters. The SMILES string of the molecule is NC(=O)N1C=CNC1. The smallest absolute Gasteiger partial charge is 0.320 e.